The molecule has 0 spiro atoms. The Hall–Kier alpha value is -2.94. The van der Waals surface area contributed by atoms with E-state index in [9.17, 15) is 14.7 Å². The van der Waals surface area contributed by atoms with Crippen molar-refractivity contribution in [3.63, 3.8) is 0 Å². The summed E-state index contributed by atoms with van der Waals surface area (Å²) in [6.07, 6.45) is 1.43. The van der Waals surface area contributed by atoms with Crippen LogP contribution in [0.3, 0.4) is 0 Å². The molecule has 0 aliphatic heterocycles. The van der Waals surface area contributed by atoms with Crippen LogP contribution in [0.15, 0.2) is 24.4 Å². The Bertz CT molecular complexity index is 682. The van der Waals surface area contributed by atoms with E-state index in [0.29, 0.717) is 13.1 Å². The van der Waals surface area contributed by atoms with E-state index in [-0.39, 0.29) is 22.7 Å². The van der Waals surface area contributed by atoms with E-state index in [2.05, 4.69) is 15.6 Å². The lowest BCUT2D eigenvalue weighted by molar-refractivity contribution is 0.0693. The predicted octanol–water partition coefficient (Wildman–Crippen LogP) is -0.107. The van der Waals surface area contributed by atoms with Crippen LogP contribution in [0.1, 0.15) is 20.8 Å². The van der Waals surface area contributed by atoms with Gasteiger partial charge in [0.25, 0.3) is 5.91 Å². The number of phenols is 1. The second kappa shape index (κ2) is 6.01. The molecular weight excluding hydrogens is 278 g/mol. The number of carboxylic acids is 1. The first kappa shape index (κ1) is 14.5. The zero-order valence-corrected chi connectivity index (χ0v) is 10.9. The third-order valence-corrected chi connectivity index (χ3v) is 2.61. The monoisotopic (exact) mass is 291 g/mol. The van der Waals surface area contributed by atoms with E-state index >= 15 is 0 Å². The number of amides is 1. The molecule has 0 radical (unpaired) electrons. The molecule has 1 heterocycles. The smallest absolute Gasteiger partial charge is 0.339 e. The summed E-state index contributed by atoms with van der Waals surface area (Å²) in [6.45, 7) is 0.799. The molecule has 5 N–H and O–H groups in total. The maximum absolute atomic E-state index is 11.9. The van der Waals surface area contributed by atoms with Crippen molar-refractivity contribution in [1.29, 1.82) is 0 Å². The molecule has 0 bridgehead atoms. The predicted molar refractivity (Wildman–Crippen MR) is 72.1 cm³/mol. The van der Waals surface area contributed by atoms with Crippen LogP contribution >= 0.6 is 0 Å². The van der Waals surface area contributed by atoms with Gasteiger partial charge in [-0.2, -0.15) is 0 Å². The maximum atomic E-state index is 11.9. The molecule has 110 valence electrons. The number of hydrogen-bond acceptors (Lipinski definition) is 6. The maximum Gasteiger partial charge on any atom is 0.339 e. The second-order valence-corrected chi connectivity index (χ2v) is 4.15. The average molecular weight is 291 g/mol. The van der Waals surface area contributed by atoms with Crippen LogP contribution < -0.4 is 11.1 Å². The van der Waals surface area contributed by atoms with Gasteiger partial charge in [0.1, 0.15) is 11.3 Å². The minimum atomic E-state index is -1.29. The van der Waals surface area contributed by atoms with Crippen molar-refractivity contribution in [1.82, 2.24) is 15.0 Å². The Morgan fingerprint density at radius 1 is 1.38 bits per heavy atom. The van der Waals surface area contributed by atoms with Crippen molar-refractivity contribution < 1.29 is 19.8 Å². The number of carbonyl (C=O) groups is 2. The summed E-state index contributed by atoms with van der Waals surface area (Å²) in [7, 11) is 0. The fourth-order valence-corrected chi connectivity index (χ4v) is 1.62. The number of anilines is 1. The molecule has 2 aromatic rings. The van der Waals surface area contributed by atoms with Gasteiger partial charge in [-0.25, -0.2) is 4.79 Å². The minimum absolute atomic E-state index is 0.0772. The van der Waals surface area contributed by atoms with Gasteiger partial charge in [0.2, 0.25) is 0 Å². The number of aromatic carboxylic acids is 1. The Morgan fingerprint density at radius 3 is 2.81 bits per heavy atom. The highest BCUT2D eigenvalue weighted by Gasteiger charge is 2.14. The number of carboxylic acid groups (broad SMARTS) is 1. The number of hydrogen-bond donors (Lipinski definition) is 4. The lowest BCUT2D eigenvalue weighted by Crippen LogP contribution is -2.13. The van der Waals surface area contributed by atoms with Crippen LogP contribution in [0.4, 0.5) is 5.69 Å². The zero-order chi connectivity index (χ0) is 15.4. The van der Waals surface area contributed by atoms with E-state index in [1.807, 2.05) is 0 Å². The molecule has 2 rings (SSSR count). The van der Waals surface area contributed by atoms with E-state index < -0.39 is 11.9 Å². The van der Waals surface area contributed by atoms with Crippen molar-refractivity contribution in [2.45, 2.75) is 6.54 Å². The summed E-state index contributed by atoms with van der Waals surface area (Å²) in [5.74, 6) is -2.22. The fraction of sp³-hybridized carbons (Fsp3) is 0.167. The molecule has 0 aliphatic carbocycles. The number of nitrogens with one attached hydrogen (secondary N) is 1. The van der Waals surface area contributed by atoms with E-state index in [4.69, 9.17) is 10.8 Å². The Morgan fingerprint density at radius 2 is 2.14 bits per heavy atom. The average Bonchev–Trinajstić information content (AvgIpc) is 2.90. The van der Waals surface area contributed by atoms with E-state index in [0.717, 1.165) is 6.07 Å². The Labute approximate surface area is 119 Å². The van der Waals surface area contributed by atoms with Crippen molar-refractivity contribution in [2.75, 3.05) is 11.9 Å². The standard InChI is InChI=1S/C12H13N5O4/c13-3-4-17-6-9(15-16-17)11(19)14-7-1-2-10(18)8(5-7)12(20)21/h1-2,5-6,18H,3-4,13H2,(H,14,19)(H,20,21). The molecule has 0 atom stereocenters. The third kappa shape index (κ3) is 3.34. The summed E-state index contributed by atoms with van der Waals surface area (Å²) < 4.78 is 1.43. The molecular formula is C12H13N5O4. The number of rotatable bonds is 5. The molecule has 1 amide bonds. The van der Waals surface area contributed by atoms with Gasteiger partial charge >= 0.3 is 5.97 Å². The molecule has 0 aliphatic rings. The lowest BCUT2D eigenvalue weighted by atomic mass is 10.2. The topological polar surface area (TPSA) is 143 Å². The van der Waals surface area contributed by atoms with Crippen LogP contribution in [-0.4, -0.2) is 43.6 Å². The van der Waals surface area contributed by atoms with Gasteiger partial charge in [-0.3, -0.25) is 9.48 Å². The largest absolute Gasteiger partial charge is 0.507 e. The van der Waals surface area contributed by atoms with Crippen molar-refractivity contribution >= 4 is 17.6 Å². The van der Waals surface area contributed by atoms with Gasteiger partial charge < -0.3 is 21.3 Å². The Balaban J connectivity index is 2.15. The SMILES string of the molecule is NCCn1cc(C(=O)Nc2ccc(O)c(C(=O)O)c2)nn1. The summed E-state index contributed by atoms with van der Waals surface area (Å²) >= 11 is 0. The number of aromatic nitrogens is 3. The molecule has 1 aromatic heterocycles. The van der Waals surface area contributed by atoms with Crippen molar-refractivity contribution in [2.24, 2.45) is 5.73 Å². The normalized spacial score (nSPS) is 10.3. The van der Waals surface area contributed by atoms with E-state index in [1.54, 1.807) is 0 Å². The molecule has 21 heavy (non-hydrogen) atoms. The van der Waals surface area contributed by atoms with Crippen LogP contribution in [-0.2, 0) is 6.54 Å². The van der Waals surface area contributed by atoms with Gasteiger partial charge in [0, 0.05) is 12.2 Å². The number of aromatic hydroxyl groups is 1. The van der Waals surface area contributed by atoms with Crippen molar-refractivity contribution in [3.05, 3.63) is 35.7 Å². The zero-order valence-electron chi connectivity index (χ0n) is 10.9. The van der Waals surface area contributed by atoms with Crippen LogP contribution in [0.2, 0.25) is 0 Å². The molecule has 9 heteroatoms. The Kier molecular flexibility index (Phi) is 4.14. The fourth-order valence-electron chi connectivity index (χ4n) is 1.62. The molecule has 0 saturated heterocycles. The van der Waals surface area contributed by atoms with Gasteiger partial charge in [-0.05, 0) is 18.2 Å². The first-order valence-electron chi connectivity index (χ1n) is 5.99. The van der Waals surface area contributed by atoms with Crippen LogP contribution in [0.5, 0.6) is 5.75 Å². The quantitative estimate of drug-likeness (QED) is 0.563. The van der Waals surface area contributed by atoms with Gasteiger partial charge in [0.05, 0.1) is 12.7 Å². The van der Waals surface area contributed by atoms with Gasteiger partial charge in [0.15, 0.2) is 5.69 Å². The van der Waals surface area contributed by atoms with E-state index in [1.165, 1.54) is 23.0 Å². The third-order valence-electron chi connectivity index (χ3n) is 2.61. The van der Waals surface area contributed by atoms with Crippen LogP contribution in [0, 0.1) is 0 Å². The summed E-state index contributed by atoms with van der Waals surface area (Å²) in [4.78, 5) is 22.8. The molecule has 0 saturated carbocycles. The van der Waals surface area contributed by atoms with Gasteiger partial charge in [-0.15, -0.1) is 5.10 Å². The first-order valence-corrected chi connectivity index (χ1v) is 5.99. The summed E-state index contributed by atoms with van der Waals surface area (Å²) in [6, 6.07) is 3.72. The molecule has 0 fully saturated rings. The number of nitrogens with two attached hydrogens (primary N) is 1. The van der Waals surface area contributed by atoms with Crippen molar-refractivity contribution in [3.8, 4) is 5.75 Å². The number of benzene rings is 1. The van der Waals surface area contributed by atoms with Gasteiger partial charge in [-0.1, -0.05) is 5.21 Å². The number of nitrogens with zero attached hydrogens (tertiary/aromatic N) is 3. The molecule has 1 aromatic carbocycles. The second-order valence-electron chi connectivity index (χ2n) is 4.15. The summed E-state index contributed by atoms with van der Waals surface area (Å²) in [5, 5.41) is 28.2. The molecule has 0 unspecified atom stereocenters. The highest BCUT2D eigenvalue weighted by atomic mass is 16.4. The lowest BCUT2D eigenvalue weighted by Gasteiger charge is -2.05. The first-order chi connectivity index (χ1) is 10.0. The minimum Gasteiger partial charge on any atom is -0.507 e. The highest BCUT2D eigenvalue weighted by molar-refractivity contribution is 6.03. The highest BCUT2D eigenvalue weighted by Crippen LogP contribution is 2.21. The van der Waals surface area contributed by atoms with Crippen LogP contribution in [0.25, 0.3) is 0 Å². The molecule has 9 nitrogen and oxygen atoms in total. The summed E-state index contributed by atoms with van der Waals surface area (Å²) in [5.41, 5.74) is 5.36. The number of carbonyl (C=O) groups excluding carboxylic acids is 1.